The topological polar surface area (TPSA) is 90.7 Å². The van der Waals surface area contributed by atoms with Crippen LogP contribution in [0.25, 0.3) is 10.7 Å². The van der Waals surface area contributed by atoms with E-state index < -0.39 is 0 Å². The highest BCUT2D eigenvalue weighted by Crippen LogP contribution is 2.23. The Morgan fingerprint density at radius 1 is 1.23 bits per heavy atom. The van der Waals surface area contributed by atoms with Crippen LogP contribution in [0.2, 0.25) is 0 Å². The van der Waals surface area contributed by atoms with Crippen LogP contribution in [0.3, 0.4) is 0 Å². The first-order valence-corrected chi connectivity index (χ1v) is 4.38. The third kappa shape index (κ3) is 1.57. The highest BCUT2D eigenvalue weighted by Gasteiger charge is 2.05. The molecule has 0 atom stereocenters. The number of nitrogen functional groups attached to an aromatic ring is 2. The summed E-state index contributed by atoms with van der Waals surface area (Å²) >= 11 is 1.29. The molecular weight excluding hydrogens is 186 g/mol. The summed E-state index contributed by atoms with van der Waals surface area (Å²) in [6, 6.07) is 3.45. The molecular formula is C7H7N5S. The first kappa shape index (κ1) is 7.93. The van der Waals surface area contributed by atoms with Crippen molar-refractivity contribution in [2.75, 3.05) is 11.5 Å². The van der Waals surface area contributed by atoms with E-state index in [1.807, 2.05) is 0 Å². The van der Waals surface area contributed by atoms with Crippen LogP contribution >= 0.6 is 11.3 Å². The third-order valence-corrected chi connectivity index (χ3v) is 2.22. The van der Waals surface area contributed by atoms with E-state index in [9.17, 15) is 0 Å². The molecule has 2 rings (SSSR count). The quantitative estimate of drug-likeness (QED) is 0.697. The third-order valence-electron chi connectivity index (χ3n) is 1.44. The Labute approximate surface area is 78.4 Å². The van der Waals surface area contributed by atoms with Gasteiger partial charge in [0.2, 0.25) is 5.13 Å². The van der Waals surface area contributed by atoms with Gasteiger partial charge in [0.1, 0.15) is 5.69 Å². The lowest BCUT2D eigenvalue weighted by Crippen LogP contribution is -1.87. The number of hydrogen-bond acceptors (Lipinski definition) is 6. The van der Waals surface area contributed by atoms with Crippen molar-refractivity contribution in [1.29, 1.82) is 0 Å². The molecule has 0 aliphatic heterocycles. The van der Waals surface area contributed by atoms with E-state index in [2.05, 4.69) is 15.2 Å². The van der Waals surface area contributed by atoms with Crippen molar-refractivity contribution in [3.63, 3.8) is 0 Å². The zero-order chi connectivity index (χ0) is 9.26. The Balaban J connectivity index is 2.46. The fourth-order valence-corrected chi connectivity index (χ4v) is 1.48. The summed E-state index contributed by atoms with van der Waals surface area (Å²) < 4.78 is 0. The number of aromatic nitrogens is 3. The van der Waals surface area contributed by atoms with Gasteiger partial charge in [0, 0.05) is 11.9 Å². The Morgan fingerprint density at radius 2 is 2.08 bits per heavy atom. The van der Waals surface area contributed by atoms with Crippen LogP contribution in [0.5, 0.6) is 0 Å². The van der Waals surface area contributed by atoms with Gasteiger partial charge in [0.05, 0.1) is 0 Å². The Kier molecular flexibility index (Phi) is 1.82. The zero-order valence-corrected chi connectivity index (χ0v) is 7.45. The maximum absolute atomic E-state index is 5.59. The Bertz CT molecular complexity index is 424. The van der Waals surface area contributed by atoms with Gasteiger partial charge in [0.25, 0.3) is 0 Å². The summed E-state index contributed by atoms with van der Waals surface area (Å²) in [7, 11) is 0. The highest BCUT2D eigenvalue weighted by atomic mass is 32.1. The molecule has 2 aromatic rings. The lowest BCUT2D eigenvalue weighted by atomic mass is 10.3. The van der Waals surface area contributed by atoms with Gasteiger partial charge in [-0.15, -0.1) is 10.2 Å². The second kappa shape index (κ2) is 2.98. The Hall–Kier alpha value is -1.69. The van der Waals surface area contributed by atoms with Crippen molar-refractivity contribution < 1.29 is 0 Å². The zero-order valence-electron chi connectivity index (χ0n) is 6.64. The lowest BCUT2D eigenvalue weighted by molar-refractivity contribution is 1.09. The molecule has 0 aromatic carbocycles. The molecule has 5 nitrogen and oxygen atoms in total. The van der Waals surface area contributed by atoms with E-state index in [0.717, 1.165) is 0 Å². The molecule has 0 aliphatic carbocycles. The van der Waals surface area contributed by atoms with Gasteiger partial charge in [-0.25, -0.2) is 0 Å². The molecule has 13 heavy (non-hydrogen) atoms. The largest absolute Gasteiger partial charge is 0.399 e. The van der Waals surface area contributed by atoms with Crippen molar-refractivity contribution in [3.05, 3.63) is 18.3 Å². The molecule has 66 valence electrons. The molecule has 0 aliphatic rings. The monoisotopic (exact) mass is 193 g/mol. The minimum atomic E-state index is 0.430. The van der Waals surface area contributed by atoms with E-state index in [1.54, 1.807) is 18.3 Å². The van der Waals surface area contributed by atoms with Crippen LogP contribution in [-0.2, 0) is 0 Å². The second-order valence-corrected chi connectivity index (χ2v) is 3.43. The molecule has 2 aromatic heterocycles. The number of anilines is 2. The van der Waals surface area contributed by atoms with Gasteiger partial charge >= 0.3 is 0 Å². The van der Waals surface area contributed by atoms with Crippen molar-refractivity contribution in [1.82, 2.24) is 15.2 Å². The maximum Gasteiger partial charge on any atom is 0.203 e. The van der Waals surface area contributed by atoms with Crippen molar-refractivity contribution >= 4 is 22.2 Å². The lowest BCUT2D eigenvalue weighted by Gasteiger charge is -1.94. The first-order valence-electron chi connectivity index (χ1n) is 3.56. The van der Waals surface area contributed by atoms with Crippen molar-refractivity contribution in [2.24, 2.45) is 0 Å². The van der Waals surface area contributed by atoms with Crippen LogP contribution in [-0.4, -0.2) is 15.2 Å². The van der Waals surface area contributed by atoms with E-state index in [-0.39, 0.29) is 0 Å². The van der Waals surface area contributed by atoms with E-state index in [1.165, 1.54) is 11.3 Å². The molecule has 2 heterocycles. The number of hydrogen-bond donors (Lipinski definition) is 2. The molecule has 0 spiro atoms. The average molecular weight is 193 g/mol. The van der Waals surface area contributed by atoms with Gasteiger partial charge in [-0.3, -0.25) is 4.98 Å². The molecule has 0 unspecified atom stereocenters. The van der Waals surface area contributed by atoms with Crippen molar-refractivity contribution in [2.45, 2.75) is 0 Å². The Morgan fingerprint density at radius 3 is 2.69 bits per heavy atom. The molecule has 0 amide bonds. The predicted molar refractivity (Wildman–Crippen MR) is 52.0 cm³/mol. The molecule has 0 saturated carbocycles. The number of pyridine rings is 1. The summed E-state index contributed by atoms with van der Waals surface area (Å²) in [5, 5.41) is 8.66. The average Bonchev–Trinajstić information content (AvgIpc) is 2.52. The summed E-state index contributed by atoms with van der Waals surface area (Å²) in [5.74, 6) is 0. The van der Waals surface area contributed by atoms with Crippen LogP contribution in [0.4, 0.5) is 10.8 Å². The molecule has 0 radical (unpaired) electrons. The summed E-state index contributed by atoms with van der Waals surface area (Å²) in [4.78, 5) is 4.10. The molecule has 4 N–H and O–H groups in total. The summed E-state index contributed by atoms with van der Waals surface area (Å²) in [6.45, 7) is 0. The fraction of sp³-hybridized carbons (Fsp3) is 0. The van der Waals surface area contributed by atoms with Crippen molar-refractivity contribution in [3.8, 4) is 10.7 Å². The highest BCUT2D eigenvalue weighted by molar-refractivity contribution is 7.18. The summed E-state index contributed by atoms with van der Waals surface area (Å²) in [5.41, 5.74) is 12.4. The second-order valence-electron chi connectivity index (χ2n) is 2.42. The number of rotatable bonds is 1. The van der Waals surface area contributed by atoms with Gasteiger partial charge in [-0.2, -0.15) is 0 Å². The van der Waals surface area contributed by atoms with Gasteiger partial charge in [-0.05, 0) is 12.1 Å². The van der Waals surface area contributed by atoms with Crippen LogP contribution < -0.4 is 11.5 Å². The minimum absolute atomic E-state index is 0.430. The SMILES string of the molecule is Nc1ccnc(-c2nnc(N)s2)c1. The van der Waals surface area contributed by atoms with Crippen LogP contribution in [0, 0.1) is 0 Å². The molecule has 0 fully saturated rings. The number of nitrogens with two attached hydrogens (primary N) is 2. The predicted octanol–water partition coefficient (Wildman–Crippen LogP) is 0.764. The molecule has 6 heteroatoms. The van der Waals surface area contributed by atoms with E-state index in [4.69, 9.17) is 11.5 Å². The van der Waals surface area contributed by atoms with E-state index >= 15 is 0 Å². The first-order chi connectivity index (χ1) is 6.25. The fourth-order valence-electron chi connectivity index (χ4n) is 0.902. The maximum atomic E-state index is 5.59. The van der Waals surface area contributed by atoms with Crippen LogP contribution in [0.1, 0.15) is 0 Å². The smallest absolute Gasteiger partial charge is 0.203 e. The van der Waals surface area contributed by atoms with Gasteiger partial charge in [0.15, 0.2) is 5.01 Å². The molecule has 0 bridgehead atoms. The van der Waals surface area contributed by atoms with Gasteiger partial charge < -0.3 is 11.5 Å². The van der Waals surface area contributed by atoms with Crippen LogP contribution in [0.15, 0.2) is 18.3 Å². The van der Waals surface area contributed by atoms with E-state index in [0.29, 0.717) is 21.5 Å². The normalized spacial score (nSPS) is 10.2. The minimum Gasteiger partial charge on any atom is -0.399 e. The molecule has 0 saturated heterocycles. The van der Waals surface area contributed by atoms with Gasteiger partial charge in [-0.1, -0.05) is 11.3 Å². The summed E-state index contributed by atoms with van der Waals surface area (Å²) in [6.07, 6.45) is 1.63. The number of nitrogens with zero attached hydrogens (tertiary/aromatic N) is 3. The standard InChI is InChI=1S/C7H7N5S/c8-4-1-2-10-5(3-4)6-11-12-7(9)13-6/h1-3H,(H2,8,10)(H2,9,12).